The number of ether oxygens (including phenoxy) is 1. The topological polar surface area (TPSA) is 60.3 Å². The van der Waals surface area contributed by atoms with Crippen LogP contribution in [0.2, 0.25) is 0 Å². The van der Waals surface area contributed by atoms with Crippen molar-refractivity contribution in [2.24, 2.45) is 5.92 Å². The molecule has 1 aliphatic carbocycles. The Labute approximate surface area is 145 Å². The van der Waals surface area contributed by atoms with Crippen molar-refractivity contribution in [2.75, 3.05) is 20.3 Å². The molecule has 132 valence electrons. The lowest BCUT2D eigenvalue weighted by atomic mass is 10.0. The molecule has 1 aromatic carbocycles. The third-order valence-electron chi connectivity index (χ3n) is 4.93. The van der Waals surface area contributed by atoms with Gasteiger partial charge in [0, 0.05) is 32.2 Å². The molecule has 25 heavy (non-hydrogen) atoms. The van der Waals surface area contributed by atoms with Crippen molar-refractivity contribution >= 4 is 5.91 Å². The number of hydrogen-bond acceptors (Lipinski definition) is 4. The summed E-state index contributed by atoms with van der Waals surface area (Å²) in [4.78, 5) is 14.6. The normalized spacial score (nSPS) is 19.8. The Morgan fingerprint density at radius 1 is 1.40 bits per heavy atom. The Morgan fingerprint density at radius 3 is 2.96 bits per heavy atom. The monoisotopic (exact) mass is 344 g/mol. The van der Waals surface area contributed by atoms with Crippen molar-refractivity contribution in [3.8, 4) is 0 Å². The molecule has 2 heterocycles. The van der Waals surface area contributed by atoms with E-state index in [1.54, 1.807) is 24.1 Å². The number of halogens is 1. The number of hydrogen-bond donors (Lipinski definition) is 0. The van der Waals surface area contributed by atoms with Gasteiger partial charge in [-0.2, -0.15) is 0 Å². The molecule has 6 nitrogen and oxygen atoms in total. The van der Waals surface area contributed by atoms with Gasteiger partial charge in [0.1, 0.15) is 17.6 Å². The van der Waals surface area contributed by atoms with E-state index in [-0.39, 0.29) is 11.9 Å². The zero-order chi connectivity index (χ0) is 17.4. The molecule has 0 spiro atoms. The molecule has 1 amide bonds. The van der Waals surface area contributed by atoms with E-state index in [9.17, 15) is 9.18 Å². The SMILES string of the molecule is COC[C@H]1c2nnn(CC3CC3)c2CCN1C(=O)c1cccc(F)c1. The molecule has 0 saturated heterocycles. The second-order valence-electron chi connectivity index (χ2n) is 6.78. The van der Waals surface area contributed by atoms with E-state index in [0.717, 1.165) is 17.9 Å². The summed E-state index contributed by atoms with van der Waals surface area (Å²) >= 11 is 0. The number of fused-ring (bicyclic) bond motifs is 1. The number of carbonyl (C=O) groups excluding carboxylic acids is 1. The fourth-order valence-corrected chi connectivity index (χ4v) is 3.44. The smallest absolute Gasteiger partial charge is 0.254 e. The first-order valence-electron chi connectivity index (χ1n) is 8.65. The van der Waals surface area contributed by atoms with Gasteiger partial charge in [-0.1, -0.05) is 11.3 Å². The minimum Gasteiger partial charge on any atom is -0.382 e. The van der Waals surface area contributed by atoms with E-state index in [1.165, 1.54) is 25.0 Å². The molecule has 0 radical (unpaired) electrons. The Hall–Kier alpha value is -2.28. The van der Waals surface area contributed by atoms with Crippen molar-refractivity contribution < 1.29 is 13.9 Å². The Morgan fingerprint density at radius 2 is 2.24 bits per heavy atom. The van der Waals surface area contributed by atoms with Gasteiger partial charge in [-0.15, -0.1) is 5.10 Å². The lowest BCUT2D eigenvalue weighted by Crippen LogP contribution is -2.42. The summed E-state index contributed by atoms with van der Waals surface area (Å²) in [5.74, 6) is 0.0878. The third kappa shape index (κ3) is 3.16. The molecule has 2 aliphatic rings. The quantitative estimate of drug-likeness (QED) is 0.834. The van der Waals surface area contributed by atoms with Crippen LogP contribution in [0.5, 0.6) is 0 Å². The van der Waals surface area contributed by atoms with Crippen LogP contribution in [0.15, 0.2) is 24.3 Å². The predicted octanol–water partition coefficient (Wildman–Crippen LogP) is 2.21. The highest BCUT2D eigenvalue weighted by Gasteiger charge is 2.36. The first kappa shape index (κ1) is 16.2. The van der Waals surface area contributed by atoms with Crippen LogP contribution in [0.3, 0.4) is 0 Å². The van der Waals surface area contributed by atoms with E-state index in [2.05, 4.69) is 10.3 Å². The van der Waals surface area contributed by atoms with Gasteiger partial charge >= 0.3 is 0 Å². The van der Waals surface area contributed by atoms with E-state index < -0.39 is 5.82 Å². The summed E-state index contributed by atoms with van der Waals surface area (Å²) in [6.07, 6.45) is 3.21. The van der Waals surface area contributed by atoms with Crippen molar-refractivity contribution in [3.05, 3.63) is 47.0 Å². The van der Waals surface area contributed by atoms with E-state index in [4.69, 9.17) is 4.74 Å². The van der Waals surface area contributed by atoms with Gasteiger partial charge < -0.3 is 9.64 Å². The van der Waals surface area contributed by atoms with E-state index in [0.29, 0.717) is 31.1 Å². The zero-order valence-electron chi connectivity index (χ0n) is 14.2. The summed E-state index contributed by atoms with van der Waals surface area (Å²) in [5.41, 5.74) is 2.24. The summed E-state index contributed by atoms with van der Waals surface area (Å²) < 4.78 is 20.8. The van der Waals surface area contributed by atoms with Gasteiger partial charge in [0.25, 0.3) is 5.91 Å². The summed E-state index contributed by atoms with van der Waals surface area (Å²) in [6, 6.07) is 5.49. The second-order valence-corrected chi connectivity index (χ2v) is 6.78. The van der Waals surface area contributed by atoms with Gasteiger partial charge in [-0.05, 0) is 37.0 Å². The lowest BCUT2D eigenvalue weighted by molar-refractivity contribution is 0.0490. The van der Waals surface area contributed by atoms with Crippen LogP contribution in [-0.2, 0) is 17.7 Å². The van der Waals surface area contributed by atoms with Crippen molar-refractivity contribution in [2.45, 2.75) is 31.8 Å². The molecule has 1 aliphatic heterocycles. The van der Waals surface area contributed by atoms with Crippen molar-refractivity contribution in [1.82, 2.24) is 19.9 Å². The first-order valence-corrected chi connectivity index (χ1v) is 8.65. The molecule has 1 fully saturated rings. The van der Waals surface area contributed by atoms with Crippen LogP contribution in [-0.4, -0.2) is 46.1 Å². The Kier molecular flexibility index (Phi) is 4.25. The van der Waals surface area contributed by atoms with Crippen LogP contribution in [0, 0.1) is 11.7 Å². The van der Waals surface area contributed by atoms with Crippen LogP contribution in [0.25, 0.3) is 0 Å². The average Bonchev–Trinajstić information content (AvgIpc) is 3.34. The number of amides is 1. The molecule has 1 saturated carbocycles. The number of nitrogens with zero attached hydrogens (tertiary/aromatic N) is 4. The molecule has 7 heteroatoms. The van der Waals surface area contributed by atoms with Crippen LogP contribution >= 0.6 is 0 Å². The summed E-state index contributed by atoms with van der Waals surface area (Å²) in [6.45, 7) is 1.80. The van der Waals surface area contributed by atoms with Crippen molar-refractivity contribution in [1.29, 1.82) is 0 Å². The lowest BCUT2D eigenvalue weighted by Gasteiger charge is -2.34. The number of methoxy groups -OCH3 is 1. The largest absolute Gasteiger partial charge is 0.382 e. The first-order chi connectivity index (χ1) is 12.2. The summed E-state index contributed by atoms with van der Waals surface area (Å²) in [7, 11) is 1.60. The molecular formula is C18H21FN4O2. The summed E-state index contributed by atoms with van der Waals surface area (Å²) in [5, 5.41) is 8.65. The second kappa shape index (κ2) is 6.55. The van der Waals surface area contributed by atoms with Crippen molar-refractivity contribution in [3.63, 3.8) is 0 Å². The highest BCUT2D eigenvalue weighted by Crippen LogP contribution is 2.34. The Balaban J connectivity index is 1.62. The van der Waals surface area contributed by atoms with Gasteiger partial charge in [0.15, 0.2) is 0 Å². The van der Waals surface area contributed by atoms with Crippen LogP contribution in [0.4, 0.5) is 4.39 Å². The maximum Gasteiger partial charge on any atom is 0.254 e. The van der Waals surface area contributed by atoms with Crippen LogP contribution < -0.4 is 0 Å². The molecule has 0 bridgehead atoms. The molecule has 0 N–H and O–H groups in total. The maximum atomic E-state index is 13.5. The van der Waals surface area contributed by atoms with Crippen LogP contribution in [0.1, 0.15) is 40.6 Å². The molecule has 1 atom stereocenters. The highest BCUT2D eigenvalue weighted by molar-refractivity contribution is 5.94. The number of aromatic nitrogens is 3. The maximum absolute atomic E-state index is 13.5. The number of rotatable bonds is 5. The van der Waals surface area contributed by atoms with E-state index in [1.807, 2.05) is 4.68 Å². The highest BCUT2D eigenvalue weighted by atomic mass is 19.1. The molecule has 0 unspecified atom stereocenters. The average molecular weight is 344 g/mol. The molecule has 2 aromatic rings. The fourth-order valence-electron chi connectivity index (χ4n) is 3.44. The minimum absolute atomic E-state index is 0.205. The van der Waals surface area contributed by atoms with Gasteiger partial charge in [0.2, 0.25) is 0 Å². The molecule has 4 rings (SSSR count). The van der Waals surface area contributed by atoms with E-state index >= 15 is 0 Å². The zero-order valence-corrected chi connectivity index (χ0v) is 14.2. The van der Waals surface area contributed by atoms with Gasteiger partial charge in [-0.25, -0.2) is 9.07 Å². The fraction of sp³-hybridized carbons (Fsp3) is 0.500. The standard InChI is InChI=1S/C18H21FN4O2/c1-25-11-16-17-15(23(21-20-17)10-12-5-6-12)7-8-22(16)18(24)13-3-2-4-14(19)9-13/h2-4,9,12,16H,5-8,10-11H2,1H3/t16-/m0/s1. The molecular weight excluding hydrogens is 323 g/mol. The number of carbonyl (C=O) groups is 1. The minimum atomic E-state index is -0.415. The van der Waals surface area contributed by atoms with Gasteiger partial charge in [0.05, 0.1) is 12.3 Å². The van der Waals surface area contributed by atoms with Gasteiger partial charge in [-0.3, -0.25) is 4.79 Å². The number of benzene rings is 1. The third-order valence-corrected chi connectivity index (χ3v) is 4.93. The Bertz CT molecular complexity index is 787. The molecule has 1 aromatic heterocycles. The predicted molar refractivity (Wildman–Crippen MR) is 88.5 cm³/mol.